The summed E-state index contributed by atoms with van der Waals surface area (Å²) >= 11 is 0. The SMILES string of the molecule is CCCCCCC(CCCCCC)C(=O)OCCOC(=O)CCN(CCCCN(C)C)CCC(=O)OCCOC(=O)C(CCCCCC)CCCCCC. The lowest BCUT2D eigenvalue weighted by Crippen LogP contribution is -2.31. The maximum Gasteiger partial charge on any atom is 0.309 e. The van der Waals surface area contributed by atoms with Crippen molar-refractivity contribution in [2.24, 2.45) is 11.8 Å². The molecule has 0 aromatic carbocycles. The fraction of sp³-hybridized carbons (Fsp3) is 0.909. The van der Waals surface area contributed by atoms with Crippen molar-refractivity contribution in [3.05, 3.63) is 0 Å². The van der Waals surface area contributed by atoms with Crippen molar-refractivity contribution < 1.29 is 38.1 Å². The second-order valence-corrected chi connectivity index (χ2v) is 15.4. The summed E-state index contributed by atoms with van der Waals surface area (Å²) in [6.45, 7) is 11.6. The van der Waals surface area contributed by atoms with Crippen LogP contribution in [0, 0.1) is 11.8 Å². The van der Waals surface area contributed by atoms with Crippen molar-refractivity contribution in [3.8, 4) is 0 Å². The van der Waals surface area contributed by atoms with E-state index in [9.17, 15) is 19.2 Å². The third-order valence-electron chi connectivity index (χ3n) is 10.1. The van der Waals surface area contributed by atoms with E-state index < -0.39 is 0 Å². The molecule has 0 fully saturated rings. The molecule has 318 valence electrons. The van der Waals surface area contributed by atoms with Crippen molar-refractivity contribution >= 4 is 23.9 Å². The van der Waals surface area contributed by atoms with Gasteiger partial charge >= 0.3 is 23.9 Å². The van der Waals surface area contributed by atoms with Crippen LogP contribution in [0.5, 0.6) is 0 Å². The van der Waals surface area contributed by atoms with Gasteiger partial charge < -0.3 is 28.7 Å². The number of hydrogen-bond donors (Lipinski definition) is 0. The molecule has 0 radical (unpaired) electrons. The minimum absolute atomic E-state index is 0.0428. The van der Waals surface area contributed by atoms with E-state index in [2.05, 4.69) is 37.5 Å². The Morgan fingerprint density at radius 3 is 1.07 bits per heavy atom. The number of unbranched alkanes of at least 4 members (excludes halogenated alkanes) is 13. The fourth-order valence-corrected chi connectivity index (χ4v) is 6.60. The molecule has 0 unspecified atom stereocenters. The minimum Gasteiger partial charge on any atom is -0.462 e. The van der Waals surface area contributed by atoms with Gasteiger partial charge in [-0.05, 0) is 65.7 Å². The molecule has 0 atom stereocenters. The van der Waals surface area contributed by atoms with Gasteiger partial charge in [0.2, 0.25) is 0 Å². The molecule has 0 aromatic rings. The lowest BCUT2D eigenvalue weighted by atomic mass is 9.94. The van der Waals surface area contributed by atoms with Crippen LogP contribution in [-0.2, 0) is 38.1 Å². The van der Waals surface area contributed by atoms with Crippen molar-refractivity contribution in [1.29, 1.82) is 0 Å². The topological polar surface area (TPSA) is 112 Å². The van der Waals surface area contributed by atoms with Crippen LogP contribution < -0.4 is 0 Å². The highest BCUT2D eigenvalue weighted by atomic mass is 16.6. The quantitative estimate of drug-likeness (QED) is 0.0341. The minimum atomic E-state index is -0.349. The predicted octanol–water partition coefficient (Wildman–Crippen LogP) is 9.70. The molecule has 0 bridgehead atoms. The van der Waals surface area contributed by atoms with Gasteiger partial charge in [0.25, 0.3) is 0 Å². The van der Waals surface area contributed by atoms with E-state index in [1.807, 2.05) is 14.1 Å². The Labute approximate surface area is 331 Å². The van der Waals surface area contributed by atoms with Crippen LogP contribution in [0.4, 0.5) is 0 Å². The van der Waals surface area contributed by atoms with Crippen LogP contribution in [0.1, 0.15) is 182 Å². The zero-order valence-corrected chi connectivity index (χ0v) is 35.9. The number of carbonyl (C=O) groups excluding carboxylic acids is 4. The molecule has 0 rings (SSSR count). The molecule has 0 saturated heterocycles. The van der Waals surface area contributed by atoms with Gasteiger partial charge in [0.1, 0.15) is 26.4 Å². The molecule has 0 aliphatic heterocycles. The third kappa shape index (κ3) is 32.1. The van der Waals surface area contributed by atoms with E-state index in [1.165, 1.54) is 25.7 Å². The molecule has 0 saturated carbocycles. The van der Waals surface area contributed by atoms with Gasteiger partial charge in [-0.3, -0.25) is 19.2 Å². The van der Waals surface area contributed by atoms with Crippen LogP contribution in [-0.4, -0.2) is 100 Å². The van der Waals surface area contributed by atoms with Crippen LogP contribution in [0.15, 0.2) is 0 Å². The van der Waals surface area contributed by atoms with E-state index >= 15 is 0 Å². The lowest BCUT2D eigenvalue weighted by Gasteiger charge is -2.22. The van der Waals surface area contributed by atoms with Gasteiger partial charge in [0, 0.05) is 13.1 Å². The molecule has 0 aliphatic rings. The van der Waals surface area contributed by atoms with E-state index in [4.69, 9.17) is 18.9 Å². The van der Waals surface area contributed by atoms with Crippen LogP contribution in [0.25, 0.3) is 0 Å². The normalized spacial score (nSPS) is 11.5. The number of rotatable bonds is 39. The number of nitrogens with zero attached hydrogens (tertiary/aromatic N) is 2. The highest BCUT2D eigenvalue weighted by Crippen LogP contribution is 2.21. The number of esters is 4. The summed E-state index contributed by atoms with van der Waals surface area (Å²) in [6.07, 6.45) is 23.8. The summed E-state index contributed by atoms with van der Waals surface area (Å²) in [5.74, 6) is -1.21. The Morgan fingerprint density at radius 2 is 0.741 bits per heavy atom. The average molecular weight is 769 g/mol. The van der Waals surface area contributed by atoms with Gasteiger partial charge in [0.05, 0.1) is 24.7 Å². The fourth-order valence-electron chi connectivity index (χ4n) is 6.60. The van der Waals surface area contributed by atoms with E-state index in [1.54, 1.807) is 0 Å². The Bertz CT molecular complexity index is 827. The molecule has 0 aliphatic carbocycles. The van der Waals surface area contributed by atoms with Crippen molar-refractivity contribution in [1.82, 2.24) is 9.80 Å². The second-order valence-electron chi connectivity index (χ2n) is 15.4. The summed E-state index contributed by atoms with van der Waals surface area (Å²) in [4.78, 5) is 55.1. The van der Waals surface area contributed by atoms with Gasteiger partial charge in [0.15, 0.2) is 0 Å². The molecule has 10 nitrogen and oxygen atoms in total. The van der Waals surface area contributed by atoms with Crippen LogP contribution in [0.3, 0.4) is 0 Å². The van der Waals surface area contributed by atoms with E-state index in [0.29, 0.717) is 13.1 Å². The molecule has 54 heavy (non-hydrogen) atoms. The molecule has 0 aromatic heterocycles. The summed E-state index contributed by atoms with van der Waals surface area (Å²) in [5.41, 5.74) is 0. The molecule has 0 N–H and O–H groups in total. The van der Waals surface area contributed by atoms with Crippen molar-refractivity contribution in [3.63, 3.8) is 0 Å². The van der Waals surface area contributed by atoms with E-state index in [-0.39, 0.29) is 75.0 Å². The lowest BCUT2D eigenvalue weighted by molar-refractivity contribution is -0.156. The smallest absolute Gasteiger partial charge is 0.309 e. The first kappa shape index (κ1) is 51.8. The first-order valence-corrected chi connectivity index (χ1v) is 22.2. The van der Waals surface area contributed by atoms with Gasteiger partial charge in [-0.1, -0.05) is 130 Å². The molecule has 0 heterocycles. The van der Waals surface area contributed by atoms with Gasteiger partial charge in [-0.15, -0.1) is 0 Å². The van der Waals surface area contributed by atoms with Gasteiger partial charge in [-0.2, -0.15) is 0 Å². The maximum absolute atomic E-state index is 12.8. The van der Waals surface area contributed by atoms with Crippen LogP contribution in [0.2, 0.25) is 0 Å². The number of carbonyl (C=O) groups is 4. The highest BCUT2D eigenvalue weighted by Gasteiger charge is 2.21. The number of hydrogen-bond acceptors (Lipinski definition) is 10. The van der Waals surface area contributed by atoms with Crippen LogP contribution >= 0.6 is 0 Å². The molecule has 10 heteroatoms. The van der Waals surface area contributed by atoms with E-state index in [0.717, 1.165) is 129 Å². The first-order valence-electron chi connectivity index (χ1n) is 22.2. The summed E-state index contributed by atoms with van der Waals surface area (Å²) in [7, 11) is 4.09. The standard InChI is InChI=1S/C44H84N2O8/c1-7-11-15-19-25-39(26-20-16-12-8-2)43(49)53-37-35-51-41(47)29-33-46(32-24-23-31-45(5)6)34-30-42(48)52-36-38-54-44(50)40(27-21-17-13-9-3)28-22-18-14-10-4/h39-40H,7-38H2,1-6H3. The monoisotopic (exact) mass is 769 g/mol. The average Bonchev–Trinajstić information content (AvgIpc) is 3.15. The predicted molar refractivity (Wildman–Crippen MR) is 219 cm³/mol. The Morgan fingerprint density at radius 1 is 0.407 bits per heavy atom. The van der Waals surface area contributed by atoms with Crippen molar-refractivity contribution in [2.75, 3.05) is 66.7 Å². The third-order valence-corrected chi connectivity index (χ3v) is 10.1. The molecular formula is C44H84N2O8. The Balaban J connectivity index is 4.71. The zero-order chi connectivity index (χ0) is 40.1. The van der Waals surface area contributed by atoms with Crippen molar-refractivity contribution in [2.45, 2.75) is 182 Å². The molecule has 0 spiro atoms. The Hall–Kier alpha value is -2.20. The highest BCUT2D eigenvalue weighted by molar-refractivity contribution is 5.73. The largest absolute Gasteiger partial charge is 0.462 e. The summed E-state index contributed by atoms with van der Waals surface area (Å²) < 4.78 is 21.9. The molecule has 0 amide bonds. The number of ether oxygens (including phenoxy) is 4. The molecular weight excluding hydrogens is 684 g/mol. The maximum atomic E-state index is 12.8. The zero-order valence-electron chi connectivity index (χ0n) is 35.9. The summed E-state index contributed by atoms with van der Waals surface area (Å²) in [5, 5.41) is 0. The van der Waals surface area contributed by atoms with Gasteiger partial charge in [-0.25, -0.2) is 0 Å². The second kappa shape index (κ2) is 37.7. The Kier molecular flexibility index (Phi) is 36.2. The summed E-state index contributed by atoms with van der Waals surface area (Å²) in [6, 6.07) is 0. The first-order chi connectivity index (χ1) is 26.2.